The Bertz CT molecular complexity index is 211. The summed E-state index contributed by atoms with van der Waals surface area (Å²) >= 11 is 2.60. The van der Waals surface area contributed by atoms with E-state index in [2.05, 4.69) is 36.4 Å². The van der Waals surface area contributed by atoms with Gasteiger partial charge >= 0.3 is 0 Å². The fourth-order valence-electron chi connectivity index (χ4n) is 4.29. The maximum absolute atomic E-state index is 2.60. The van der Waals surface area contributed by atoms with Gasteiger partial charge in [0.25, 0.3) is 0 Å². The number of hydrogen-bond donors (Lipinski definition) is 0. The third kappa shape index (κ3) is 0.493. The van der Waals surface area contributed by atoms with Crippen LogP contribution in [0.15, 0.2) is 0 Å². The van der Waals surface area contributed by atoms with Crippen LogP contribution in [-0.2, 0) is 0 Å². The summed E-state index contributed by atoms with van der Waals surface area (Å²) in [6.07, 6.45) is 3.14. The first-order valence-corrected chi connectivity index (χ1v) is 6.23. The fraction of sp³-hybridized carbons (Fsp3) is 1.00. The van der Waals surface area contributed by atoms with E-state index in [9.17, 15) is 0 Å². The van der Waals surface area contributed by atoms with Crippen molar-refractivity contribution in [2.45, 2.75) is 26.7 Å². The second-order valence-electron chi connectivity index (χ2n) is 5.22. The summed E-state index contributed by atoms with van der Waals surface area (Å²) in [5.74, 6) is 3.39. The Morgan fingerprint density at radius 1 is 1.27 bits per heavy atom. The average molecular weight is 262 g/mol. The van der Waals surface area contributed by atoms with E-state index in [0.717, 1.165) is 28.6 Å². The summed E-state index contributed by atoms with van der Waals surface area (Å²) < 4.78 is 1.39. The van der Waals surface area contributed by atoms with Crippen LogP contribution >= 0.6 is 22.6 Å². The molecule has 62 valence electrons. The molecule has 11 heavy (non-hydrogen) atoms. The lowest BCUT2D eigenvalue weighted by Crippen LogP contribution is -2.28. The van der Waals surface area contributed by atoms with Crippen molar-refractivity contribution in [3.8, 4) is 0 Å². The van der Waals surface area contributed by atoms with Crippen LogP contribution in [-0.4, -0.2) is 4.43 Å². The summed E-state index contributed by atoms with van der Waals surface area (Å²) in [5, 5.41) is 0. The van der Waals surface area contributed by atoms with E-state index in [0.29, 0.717) is 0 Å². The van der Waals surface area contributed by atoms with E-state index >= 15 is 0 Å². The number of alkyl halides is 1. The zero-order valence-corrected chi connectivity index (χ0v) is 9.39. The largest absolute Gasteiger partial charge is 0.0857 e. The minimum Gasteiger partial charge on any atom is -0.0857 e. The number of halogens is 1. The highest BCUT2D eigenvalue weighted by Crippen LogP contribution is 2.86. The molecule has 0 aromatic rings. The molecule has 0 saturated heterocycles. The first-order valence-electron chi connectivity index (χ1n) is 4.70. The zero-order valence-electron chi connectivity index (χ0n) is 7.23. The SMILES string of the molecule is CC12[C@@H]3CC(C[C@H]31)[C@@]2(C)CI. The standard InChI is InChI=1S/C10H15I/c1-9(5-11)6-3-7-8(4-6)10(7,9)2/h6-8H,3-5H2,1-2H3/t6?,7-,8-,9-,10?/m1/s1. The van der Waals surface area contributed by atoms with Crippen molar-refractivity contribution in [2.24, 2.45) is 28.6 Å². The lowest BCUT2D eigenvalue weighted by atomic mass is 9.76. The molecule has 4 rings (SSSR count). The van der Waals surface area contributed by atoms with Gasteiger partial charge in [-0.15, -0.1) is 0 Å². The molecule has 0 aromatic carbocycles. The molecule has 0 radical (unpaired) electrons. The van der Waals surface area contributed by atoms with E-state index in [-0.39, 0.29) is 0 Å². The smallest absolute Gasteiger partial charge is 0.00574 e. The molecule has 0 spiro atoms. The Balaban J connectivity index is 2.10. The molecule has 0 aliphatic heterocycles. The molecule has 0 unspecified atom stereocenters. The van der Waals surface area contributed by atoms with E-state index < -0.39 is 0 Å². The van der Waals surface area contributed by atoms with Gasteiger partial charge in [0.15, 0.2) is 0 Å². The minimum absolute atomic E-state index is 0.725. The van der Waals surface area contributed by atoms with Crippen molar-refractivity contribution in [1.82, 2.24) is 0 Å². The maximum atomic E-state index is 2.60. The van der Waals surface area contributed by atoms with Crippen LogP contribution in [0.1, 0.15) is 26.7 Å². The van der Waals surface area contributed by atoms with Gasteiger partial charge in [-0.25, -0.2) is 0 Å². The topological polar surface area (TPSA) is 0 Å². The molecule has 0 heterocycles. The molecule has 1 heteroatoms. The molecular formula is C10H15I. The van der Waals surface area contributed by atoms with Gasteiger partial charge < -0.3 is 0 Å². The Morgan fingerprint density at radius 2 is 1.82 bits per heavy atom. The molecule has 3 atom stereocenters. The number of hydrogen-bond acceptors (Lipinski definition) is 0. The maximum Gasteiger partial charge on any atom is 0.00574 e. The summed E-state index contributed by atoms with van der Waals surface area (Å²) in [6.45, 7) is 5.09. The molecule has 4 bridgehead atoms. The Morgan fingerprint density at radius 3 is 2.00 bits per heavy atom. The van der Waals surface area contributed by atoms with Crippen molar-refractivity contribution in [1.29, 1.82) is 0 Å². The van der Waals surface area contributed by atoms with Gasteiger partial charge in [-0.3, -0.25) is 0 Å². The normalized spacial score (nSPS) is 70.6. The number of rotatable bonds is 1. The average Bonchev–Trinajstić information content (AvgIpc) is 2.42. The van der Waals surface area contributed by atoms with Crippen molar-refractivity contribution in [2.75, 3.05) is 4.43 Å². The second-order valence-corrected chi connectivity index (χ2v) is 5.98. The molecule has 4 fully saturated rings. The Kier molecular flexibility index (Phi) is 1.08. The predicted molar refractivity (Wildman–Crippen MR) is 54.8 cm³/mol. The monoisotopic (exact) mass is 262 g/mol. The summed E-state index contributed by atoms with van der Waals surface area (Å²) in [5.41, 5.74) is 1.52. The van der Waals surface area contributed by atoms with Crippen LogP contribution in [0.2, 0.25) is 0 Å². The highest BCUT2D eigenvalue weighted by molar-refractivity contribution is 14.1. The van der Waals surface area contributed by atoms with Gasteiger partial charge in [0.05, 0.1) is 0 Å². The van der Waals surface area contributed by atoms with E-state index in [1.807, 2.05) is 0 Å². The first-order chi connectivity index (χ1) is 5.14. The lowest BCUT2D eigenvalue weighted by Gasteiger charge is -2.31. The minimum atomic E-state index is 0.725. The summed E-state index contributed by atoms with van der Waals surface area (Å²) in [6, 6.07) is 0. The molecular weight excluding hydrogens is 247 g/mol. The van der Waals surface area contributed by atoms with Gasteiger partial charge in [0.1, 0.15) is 0 Å². The van der Waals surface area contributed by atoms with Gasteiger partial charge in [0, 0.05) is 4.43 Å². The van der Waals surface area contributed by atoms with E-state index in [1.165, 1.54) is 4.43 Å². The Labute approximate surface area is 82.3 Å². The highest BCUT2D eigenvalue weighted by atomic mass is 127. The second kappa shape index (κ2) is 1.66. The van der Waals surface area contributed by atoms with E-state index in [4.69, 9.17) is 0 Å². The van der Waals surface area contributed by atoms with Crippen LogP contribution in [0.25, 0.3) is 0 Å². The highest BCUT2D eigenvalue weighted by Gasteiger charge is 2.80. The lowest BCUT2D eigenvalue weighted by molar-refractivity contribution is 0.212. The zero-order chi connectivity index (χ0) is 7.85. The van der Waals surface area contributed by atoms with Crippen LogP contribution in [0.3, 0.4) is 0 Å². The van der Waals surface area contributed by atoms with Gasteiger partial charge in [0.2, 0.25) is 0 Å². The van der Waals surface area contributed by atoms with Gasteiger partial charge in [-0.05, 0) is 41.4 Å². The predicted octanol–water partition coefficient (Wildman–Crippen LogP) is 3.10. The summed E-state index contributed by atoms with van der Waals surface area (Å²) in [4.78, 5) is 0. The third-order valence-corrected chi connectivity index (χ3v) is 6.99. The molecule has 4 saturated carbocycles. The first kappa shape index (κ1) is 7.16. The van der Waals surface area contributed by atoms with Crippen LogP contribution in [0.5, 0.6) is 0 Å². The van der Waals surface area contributed by atoms with E-state index in [1.54, 1.807) is 12.8 Å². The van der Waals surface area contributed by atoms with Crippen LogP contribution in [0, 0.1) is 28.6 Å². The molecule has 4 aliphatic rings. The van der Waals surface area contributed by atoms with Gasteiger partial charge in [-0.1, -0.05) is 36.4 Å². The quantitative estimate of drug-likeness (QED) is 0.503. The molecule has 0 N–H and O–H groups in total. The van der Waals surface area contributed by atoms with Crippen LogP contribution in [0.4, 0.5) is 0 Å². The summed E-state index contributed by atoms with van der Waals surface area (Å²) in [7, 11) is 0. The van der Waals surface area contributed by atoms with Crippen molar-refractivity contribution in [3.63, 3.8) is 0 Å². The van der Waals surface area contributed by atoms with Crippen molar-refractivity contribution >= 4 is 22.6 Å². The third-order valence-electron chi connectivity index (χ3n) is 5.40. The fourth-order valence-corrected chi connectivity index (χ4v) is 5.73. The molecule has 0 aromatic heterocycles. The molecule has 0 amide bonds. The van der Waals surface area contributed by atoms with Crippen molar-refractivity contribution in [3.05, 3.63) is 0 Å². The van der Waals surface area contributed by atoms with Crippen molar-refractivity contribution < 1.29 is 0 Å². The Hall–Kier alpha value is 0.730. The van der Waals surface area contributed by atoms with Gasteiger partial charge in [-0.2, -0.15) is 0 Å². The molecule has 4 aliphatic carbocycles. The van der Waals surface area contributed by atoms with Crippen LogP contribution < -0.4 is 0 Å². The molecule has 0 nitrogen and oxygen atoms in total.